The van der Waals surface area contributed by atoms with Gasteiger partial charge >= 0.3 is 6.09 Å². The van der Waals surface area contributed by atoms with Crippen LogP contribution in [0.25, 0.3) is 11.3 Å². The Morgan fingerprint density at radius 2 is 1.71 bits per heavy atom. The number of carbonyl (C=O) groups excluding carboxylic acids is 1. The molecule has 0 spiro atoms. The third kappa shape index (κ3) is 6.78. The number of aromatic nitrogens is 2. The molecule has 0 aliphatic carbocycles. The van der Waals surface area contributed by atoms with Gasteiger partial charge in [-0.25, -0.2) is 14.8 Å². The van der Waals surface area contributed by atoms with E-state index in [-0.39, 0.29) is 0 Å². The maximum absolute atomic E-state index is 12.3. The first-order valence-corrected chi connectivity index (χ1v) is 11.0. The Morgan fingerprint density at radius 3 is 2.35 bits per heavy atom. The lowest BCUT2D eigenvalue weighted by molar-refractivity contribution is 0.0636. The molecule has 1 aromatic heterocycles. The lowest BCUT2D eigenvalue weighted by Gasteiger charge is -2.20. The molecule has 0 aliphatic rings. The Kier molecular flexibility index (Phi) is 7.50. The summed E-state index contributed by atoms with van der Waals surface area (Å²) in [5, 5.41) is 7.31. The van der Waals surface area contributed by atoms with Crippen molar-refractivity contribution in [2.45, 2.75) is 40.2 Å². The number of rotatable bonds is 6. The van der Waals surface area contributed by atoms with Crippen molar-refractivity contribution in [2.24, 2.45) is 5.10 Å². The van der Waals surface area contributed by atoms with Gasteiger partial charge in [0.25, 0.3) is 0 Å². The number of hydrogen-bond donors (Lipinski definition) is 2. The predicted octanol–water partition coefficient (Wildman–Crippen LogP) is 5.70. The van der Waals surface area contributed by atoms with Crippen LogP contribution in [-0.2, 0) is 4.74 Å². The van der Waals surface area contributed by atoms with Crippen LogP contribution in [0, 0.1) is 6.92 Å². The third-order valence-corrected chi connectivity index (χ3v) is 4.82. The molecule has 3 aromatic rings. The predicted molar refractivity (Wildman–Crippen MR) is 139 cm³/mol. The highest BCUT2D eigenvalue weighted by Crippen LogP contribution is 2.28. The Morgan fingerprint density at radius 1 is 1.03 bits per heavy atom. The van der Waals surface area contributed by atoms with Crippen molar-refractivity contribution in [3.63, 3.8) is 0 Å². The number of hydrogen-bond acceptors (Lipinski definition) is 7. The fourth-order valence-electron chi connectivity index (χ4n) is 3.20. The summed E-state index contributed by atoms with van der Waals surface area (Å²) in [4.78, 5) is 23.4. The van der Waals surface area contributed by atoms with Crippen LogP contribution < -0.4 is 15.6 Å². The van der Waals surface area contributed by atoms with Gasteiger partial charge in [0.05, 0.1) is 17.1 Å². The minimum absolute atomic E-state index is 0.524. The average molecular weight is 461 g/mol. The van der Waals surface area contributed by atoms with Crippen LogP contribution >= 0.6 is 0 Å². The molecule has 0 saturated carbocycles. The summed E-state index contributed by atoms with van der Waals surface area (Å²) >= 11 is 0. The quantitative estimate of drug-likeness (QED) is 0.362. The van der Waals surface area contributed by atoms with E-state index in [1.54, 1.807) is 6.07 Å². The molecule has 0 bridgehead atoms. The highest BCUT2D eigenvalue weighted by molar-refractivity contribution is 5.99. The molecule has 3 rings (SSSR count). The number of hydrazone groups is 1. The zero-order valence-corrected chi connectivity index (χ0v) is 20.8. The molecule has 178 valence electrons. The van der Waals surface area contributed by atoms with E-state index in [1.165, 1.54) is 0 Å². The van der Waals surface area contributed by atoms with E-state index in [9.17, 15) is 4.79 Å². The number of benzene rings is 2. The van der Waals surface area contributed by atoms with E-state index in [4.69, 9.17) is 4.74 Å². The van der Waals surface area contributed by atoms with Crippen molar-refractivity contribution in [1.82, 2.24) is 9.97 Å². The van der Waals surface area contributed by atoms with Crippen LogP contribution in [0.5, 0.6) is 0 Å². The van der Waals surface area contributed by atoms with Crippen molar-refractivity contribution in [3.8, 4) is 11.3 Å². The minimum atomic E-state index is -0.593. The molecule has 0 fully saturated rings. The van der Waals surface area contributed by atoms with Gasteiger partial charge in [-0.1, -0.05) is 30.3 Å². The van der Waals surface area contributed by atoms with Gasteiger partial charge in [0.1, 0.15) is 11.4 Å². The Labute approximate surface area is 201 Å². The van der Waals surface area contributed by atoms with Crippen LogP contribution in [0.3, 0.4) is 0 Å². The zero-order valence-electron chi connectivity index (χ0n) is 20.8. The average Bonchev–Trinajstić information content (AvgIpc) is 2.76. The normalized spacial score (nSPS) is 11.7. The van der Waals surface area contributed by atoms with Gasteiger partial charge < -0.3 is 9.64 Å². The summed E-state index contributed by atoms with van der Waals surface area (Å²) in [7, 11) is 4.02. The first kappa shape index (κ1) is 24.7. The van der Waals surface area contributed by atoms with Gasteiger partial charge in [0.15, 0.2) is 5.82 Å². The maximum Gasteiger partial charge on any atom is 0.412 e. The summed E-state index contributed by atoms with van der Waals surface area (Å²) in [5.41, 5.74) is 7.41. The number of para-hydroxylation sites is 1. The van der Waals surface area contributed by atoms with Gasteiger partial charge in [0, 0.05) is 31.4 Å². The van der Waals surface area contributed by atoms with E-state index in [0.29, 0.717) is 23.0 Å². The standard InChI is InChI=1S/C26H32N6O2/c1-17(19-12-14-20(15-13-19)32(6)7)30-31-24-16-23(27-18(2)28-24)21-10-8-9-11-22(21)29-25(33)34-26(3,4)5/h8-16H,1-7H3,(H,29,33)(H,27,28,31)/b30-17-. The molecule has 1 heterocycles. The molecule has 1 amide bonds. The van der Waals surface area contributed by atoms with Crippen LogP contribution in [0.4, 0.5) is 22.0 Å². The van der Waals surface area contributed by atoms with Crippen molar-refractivity contribution >= 4 is 29.0 Å². The molecular weight excluding hydrogens is 428 g/mol. The smallest absolute Gasteiger partial charge is 0.412 e. The van der Waals surface area contributed by atoms with E-state index in [1.807, 2.05) is 85.1 Å². The maximum atomic E-state index is 12.3. The first-order valence-electron chi connectivity index (χ1n) is 11.0. The molecule has 0 saturated heterocycles. The van der Waals surface area contributed by atoms with Gasteiger partial charge in [-0.15, -0.1) is 0 Å². The molecule has 2 N–H and O–H groups in total. The fraction of sp³-hybridized carbons (Fsp3) is 0.308. The number of carbonyl (C=O) groups is 1. The summed E-state index contributed by atoms with van der Waals surface area (Å²) in [6.07, 6.45) is -0.524. The second-order valence-corrected chi connectivity index (χ2v) is 9.11. The van der Waals surface area contributed by atoms with Crippen molar-refractivity contribution < 1.29 is 9.53 Å². The molecule has 0 radical (unpaired) electrons. The molecule has 34 heavy (non-hydrogen) atoms. The molecule has 0 unspecified atom stereocenters. The summed E-state index contributed by atoms with van der Waals surface area (Å²) < 4.78 is 5.39. The second kappa shape index (κ2) is 10.3. The van der Waals surface area contributed by atoms with E-state index >= 15 is 0 Å². The fourth-order valence-corrected chi connectivity index (χ4v) is 3.20. The molecule has 8 nitrogen and oxygen atoms in total. The van der Waals surface area contributed by atoms with Gasteiger partial charge in [-0.05, 0) is 58.4 Å². The van der Waals surface area contributed by atoms with Crippen molar-refractivity contribution in [3.05, 3.63) is 66.0 Å². The Balaban J connectivity index is 1.83. The third-order valence-electron chi connectivity index (χ3n) is 4.82. The SMILES string of the molecule is C/C(=N/Nc1cc(-c2ccccc2NC(=O)OC(C)(C)C)nc(C)n1)c1ccc(N(C)C)cc1. The monoisotopic (exact) mass is 460 g/mol. The van der Waals surface area contributed by atoms with E-state index < -0.39 is 11.7 Å². The van der Waals surface area contributed by atoms with Crippen LogP contribution in [0.1, 0.15) is 39.1 Å². The van der Waals surface area contributed by atoms with E-state index in [0.717, 1.165) is 22.5 Å². The minimum Gasteiger partial charge on any atom is -0.444 e. The molecular formula is C26H32N6O2. The molecule has 8 heteroatoms. The number of nitrogens with zero attached hydrogens (tertiary/aromatic N) is 4. The number of anilines is 3. The van der Waals surface area contributed by atoms with Crippen molar-refractivity contribution in [1.29, 1.82) is 0 Å². The van der Waals surface area contributed by atoms with Crippen LogP contribution in [-0.4, -0.2) is 41.5 Å². The topological polar surface area (TPSA) is 91.7 Å². The van der Waals surface area contributed by atoms with Crippen LogP contribution in [0.2, 0.25) is 0 Å². The highest BCUT2D eigenvalue weighted by Gasteiger charge is 2.18. The van der Waals surface area contributed by atoms with Gasteiger partial charge in [-0.3, -0.25) is 10.7 Å². The number of ether oxygens (including phenoxy) is 1. The second-order valence-electron chi connectivity index (χ2n) is 9.11. The van der Waals surface area contributed by atoms with E-state index in [2.05, 4.69) is 42.8 Å². The first-order chi connectivity index (χ1) is 16.0. The number of nitrogens with one attached hydrogen (secondary N) is 2. The molecule has 2 aromatic carbocycles. The lowest BCUT2D eigenvalue weighted by Crippen LogP contribution is -2.27. The largest absolute Gasteiger partial charge is 0.444 e. The summed E-state index contributed by atoms with van der Waals surface area (Å²) in [5.74, 6) is 1.13. The van der Waals surface area contributed by atoms with Crippen molar-refractivity contribution in [2.75, 3.05) is 29.7 Å². The number of aryl methyl sites for hydroxylation is 1. The zero-order chi connectivity index (χ0) is 24.9. The highest BCUT2D eigenvalue weighted by atomic mass is 16.6. The Bertz CT molecular complexity index is 1180. The van der Waals surface area contributed by atoms with Crippen LogP contribution in [0.15, 0.2) is 59.7 Å². The van der Waals surface area contributed by atoms with Gasteiger partial charge in [0.2, 0.25) is 0 Å². The molecule has 0 aliphatic heterocycles. The number of amides is 1. The summed E-state index contributed by atoms with van der Waals surface area (Å²) in [6.45, 7) is 9.22. The molecule has 0 atom stereocenters. The Hall–Kier alpha value is -3.94. The van der Waals surface area contributed by atoms with Gasteiger partial charge in [-0.2, -0.15) is 5.10 Å². The summed E-state index contributed by atoms with van der Waals surface area (Å²) in [6, 6.07) is 17.4. The lowest BCUT2D eigenvalue weighted by atomic mass is 10.1.